The highest BCUT2D eigenvalue weighted by Gasteiger charge is 2.37. The zero-order chi connectivity index (χ0) is 25.6. The number of nitrogens with zero attached hydrogens (tertiary/aromatic N) is 2. The smallest absolute Gasteiger partial charge is 0.335 e. The van der Waals surface area contributed by atoms with Gasteiger partial charge in [-0.1, -0.05) is 65.2 Å². The third-order valence-corrected chi connectivity index (χ3v) is 6.89. The first-order chi connectivity index (χ1) is 17.2. The number of carbonyl (C=O) groups excluding carboxylic acids is 3. The second kappa shape index (κ2) is 9.30. The number of hydrogen-bond acceptors (Lipinski definition) is 3. The number of halogens is 2. The van der Waals surface area contributed by atoms with E-state index < -0.39 is 17.8 Å². The van der Waals surface area contributed by atoms with E-state index in [9.17, 15) is 14.4 Å². The number of benzene rings is 3. The first-order valence-electron chi connectivity index (χ1n) is 11.2. The highest BCUT2D eigenvalue weighted by Crippen LogP contribution is 2.32. The molecule has 0 bridgehead atoms. The van der Waals surface area contributed by atoms with E-state index in [-0.39, 0.29) is 5.57 Å². The fraction of sp³-hybridized carbons (Fsp3) is 0.107. The molecule has 1 fully saturated rings. The number of amides is 4. The number of aryl methyl sites for hydroxylation is 1. The lowest BCUT2D eigenvalue weighted by atomic mass is 10.0. The lowest BCUT2D eigenvalue weighted by Gasteiger charge is -2.26. The van der Waals surface area contributed by atoms with E-state index >= 15 is 0 Å². The average molecular weight is 518 g/mol. The maximum absolute atomic E-state index is 13.4. The quantitative estimate of drug-likeness (QED) is 0.255. The molecule has 180 valence electrons. The minimum Gasteiger partial charge on any atom is -0.340 e. The molecular formula is C28H21Cl2N3O3. The Morgan fingerprint density at radius 2 is 1.64 bits per heavy atom. The lowest BCUT2D eigenvalue weighted by molar-refractivity contribution is -0.122. The van der Waals surface area contributed by atoms with Crippen molar-refractivity contribution in [1.29, 1.82) is 0 Å². The molecule has 0 atom stereocenters. The van der Waals surface area contributed by atoms with Crippen LogP contribution in [0.3, 0.4) is 0 Å². The van der Waals surface area contributed by atoms with Gasteiger partial charge in [-0.15, -0.1) is 0 Å². The van der Waals surface area contributed by atoms with Crippen LogP contribution in [0.1, 0.15) is 22.4 Å². The van der Waals surface area contributed by atoms with E-state index in [1.165, 1.54) is 0 Å². The standard InChI is InChI=1S/C28H21Cl2N3O3/c1-16-7-11-20(12-8-16)33-27(35)23(26(34)31-28(33)36)14-22-17(2)32(25-6-4-3-5-21(22)25)15-18-9-10-19(29)13-24(18)30/h3-14H,15H2,1-2H3,(H,31,34,36)/b23-14+. The maximum Gasteiger partial charge on any atom is 0.335 e. The number of nitrogens with one attached hydrogen (secondary N) is 1. The summed E-state index contributed by atoms with van der Waals surface area (Å²) in [6.07, 6.45) is 1.56. The van der Waals surface area contributed by atoms with Crippen LogP contribution in [-0.4, -0.2) is 22.4 Å². The van der Waals surface area contributed by atoms with Crippen molar-refractivity contribution < 1.29 is 14.4 Å². The van der Waals surface area contributed by atoms with Crippen molar-refractivity contribution in [3.05, 3.63) is 105 Å². The van der Waals surface area contributed by atoms with Crippen molar-refractivity contribution in [1.82, 2.24) is 9.88 Å². The molecule has 2 heterocycles. The topological polar surface area (TPSA) is 71.4 Å². The van der Waals surface area contributed by atoms with Crippen molar-refractivity contribution in [2.24, 2.45) is 0 Å². The lowest BCUT2D eigenvalue weighted by Crippen LogP contribution is -2.54. The predicted octanol–water partition coefficient (Wildman–Crippen LogP) is 6.28. The molecule has 8 heteroatoms. The number of barbiturate groups is 1. The van der Waals surface area contributed by atoms with Gasteiger partial charge in [0, 0.05) is 38.8 Å². The largest absolute Gasteiger partial charge is 0.340 e. The van der Waals surface area contributed by atoms with Gasteiger partial charge in [0.2, 0.25) is 0 Å². The number of fused-ring (bicyclic) bond motifs is 1. The summed E-state index contributed by atoms with van der Waals surface area (Å²) in [6, 6.07) is 19.3. The number of para-hydroxylation sites is 1. The van der Waals surface area contributed by atoms with Crippen LogP contribution in [0.2, 0.25) is 10.0 Å². The van der Waals surface area contributed by atoms with Gasteiger partial charge in [0.05, 0.1) is 5.69 Å². The normalized spacial score (nSPS) is 15.2. The molecule has 4 aromatic rings. The molecule has 0 saturated carbocycles. The molecule has 1 saturated heterocycles. The molecular weight excluding hydrogens is 497 g/mol. The Kier molecular flexibility index (Phi) is 6.16. The molecule has 3 aromatic carbocycles. The number of aromatic nitrogens is 1. The predicted molar refractivity (Wildman–Crippen MR) is 142 cm³/mol. The number of anilines is 1. The van der Waals surface area contributed by atoms with E-state index in [0.29, 0.717) is 27.8 Å². The van der Waals surface area contributed by atoms with Gasteiger partial charge in [-0.3, -0.25) is 14.9 Å². The number of imide groups is 2. The van der Waals surface area contributed by atoms with Gasteiger partial charge in [-0.05, 0) is 55.8 Å². The fourth-order valence-electron chi connectivity index (χ4n) is 4.39. The Labute approximate surface area is 217 Å². The molecule has 5 rings (SSSR count). The number of hydrogen-bond donors (Lipinski definition) is 1. The molecule has 0 aliphatic carbocycles. The molecule has 0 unspecified atom stereocenters. The second-order valence-electron chi connectivity index (χ2n) is 8.63. The maximum atomic E-state index is 13.4. The van der Waals surface area contributed by atoms with E-state index in [2.05, 4.69) is 9.88 Å². The van der Waals surface area contributed by atoms with Crippen LogP contribution in [-0.2, 0) is 16.1 Å². The Hall–Kier alpha value is -3.87. The molecule has 1 aliphatic rings. The van der Waals surface area contributed by atoms with Crippen LogP contribution in [0, 0.1) is 13.8 Å². The van der Waals surface area contributed by atoms with Crippen LogP contribution in [0.15, 0.2) is 72.3 Å². The van der Waals surface area contributed by atoms with Gasteiger partial charge < -0.3 is 4.57 Å². The SMILES string of the molecule is Cc1ccc(N2C(=O)NC(=O)/C(=C\c3c(C)n(Cc4ccc(Cl)cc4Cl)c4ccccc34)C2=O)cc1. The van der Waals surface area contributed by atoms with Gasteiger partial charge in [-0.2, -0.15) is 0 Å². The minimum atomic E-state index is -0.775. The van der Waals surface area contributed by atoms with Crippen LogP contribution < -0.4 is 10.2 Å². The van der Waals surface area contributed by atoms with Crippen LogP contribution >= 0.6 is 23.2 Å². The Morgan fingerprint density at radius 3 is 2.36 bits per heavy atom. The number of urea groups is 1. The van der Waals surface area contributed by atoms with Crippen molar-refractivity contribution in [2.45, 2.75) is 20.4 Å². The molecule has 0 radical (unpaired) electrons. The Bertz CT molecular complexity index is 1590. The molecule has 6 nitrogen and oxygen atoms in total. The van der Waals surface area contributed by atoms with Crippen molar-refractivity contribution in [2.75, 3.05) is 4.90 Å². The summed E-state index contributed by atoms with van der Waals surface area (Å²) in [5.41, 5.74) is 4.61. The summed E-state index contributed by atoms with van der Waals surface area (Å²) < 4.78 is 2.07. The van der Waals surface area contributed by atoms with E-state index in [0.717, 1.165) is 32.6 Å². The van der Waals surface area contributed by atoms with Gasteiger partial charge in [-0.25, -0.2) is 9.69 Å². The molecule has 1 N–H and O–H groups in total. The van der Waals surface area contributed by atoms with Crippen LogP contribution in [0.4, 0.5) is 10.5 Å². The van der Waals surface area contributed by atoms with Gasteiger partial charge >= 0.3 is 6.03 Å². The minimum absolute atomic E-state index is 0.120. The van der Waals surface area contributed by atoms with Gasteiger partial charge in [0.25, 0.3) is 11.8 Å². The molecule has 0 spiro atoms. The van der Waals surface area contributed by atoms with Crippen molar-refractivity contribution in [3.8, 4) is 0 Å². The molecule has 1 aromatic heterocycles. The van der Waals surface area contributed by atoms with E-state index in [1.807, 2.05) is 44.2 Å². The zero-order valence-corrected chi connectivity index (χ0v) is 21.0. The summed E-state index contributed by atoms with van der Waals surface area (Å²) >= 11 is 12.5. The van der Waals surface area contributed by atoms with Gasteiger partial charge in [0.1, 0.15) is 5.57 Å². The Balaban J connectivity index is 1.61. The molecule has 4 amide bonds. The highest BCUT2D eigenvalue weighted by atomic mass is 35.5. The van der Waals surface area contributed by atoms with Crippen LogP contribution in [0.5, 0.6) is 0 Å². The van der Waals surface area contributed by atoms with E-state index in [1.54, 1.807) is 42.5 Å². The van der Waals surface area contributed by atoms with Gasteiger partial charge in [0.15, 0.2) is 0 Å². The molecule has 1 aliphatic heterocycles. The third kappa shape index (κ3) is 4.19. The number of rotatable bonds is 4. The fourth-order valence-corrected chi connectivity index (χ4v) is 4.86. The number of carbonyl (C=O) groups is 3. The summed E-state index contributed by atoms with van der Waals surface area (Å²) in [5.74, 6) is -1.41. The summed E-state index contributed by atoms with van der Waals surface area (Å²) in [6.45, 7) is 4.30. The summed E-state index contributed by atoms with van der Waals surface area (Å²) in [7, 11) is 0. The Morgan fingerprint density at radius 1 is 0.917 bits per heavy atom. The summed E-state index contributed by atoms with van der Waals surface area (Å²) in [4.78, 5) is 39.7. The molecule has 36 heavy (non-hydrogen) atoms. The summed E-state index contributed by atoms with van der Waals surface area (Å²) in [5, 5.41) is 4.26. The average Bonchev–Trinajstić information content (AvgIpc) is 3.10. The first-order valence-corrected chi connectivity index (χ1v) is 12.0. The first kappa shape index (κ1) is 23.9. The monoisotopic (exact) mass is 517 g/mol. The second-order valence-corrected chi connectivity index (χ2v) is 9.48. The van der Waals surface area contributed by atoms with Crippen LogP contribution in [0.25, 0.3) is 17.0 Å². The highest BCUT2D eigenvalue weighted by molar-refractivity contribution is 6.39. The zero-order valence-electron chi connectivity index (χ0n) is 19.5. The third-order valence-electron chi connectivity index (χ3n) is 6.31. The van der Waals surface area contributed by atoms with Crippen molar-refractivity contribution in [3.63, 3.8) is 0 Å². The van der Waals surface area contributed by atoms with Crippen molar-refractivity contribution >= 4 is 63.7 Å². The van der Waals surface area contributed by atoms with E-state index in [4.69, 9.17) is 23.2 Å².